The largest absolute Gasteiger partial charge is 0.395 e. The lowest BCUT2D eigenvalue weighted by Gasteiger charge is -2.28. The molecule has 1 unspecified atom stereocenters. The normalized spacial score (nSPS) is 16.0. The average molecular weight is 290 g/mol. The smallest absolute Gasteiger partial charge is 0.237 e. The van der Waals surface area contributed by atoms with Crippen molar-refractivity contribution in [1.29, 1.82) is 0 Å². The van der Waals surface area contributed by atoms with Crippen LogP contribution in [-0.4, -0.2) is 53.1 Å². The standard InChI is InChI=1S/C17H26N2O2/c1-13-4-6-15(7-5-13)10-19(16-8-9-16)17(21)11-18(3)14(2)12-20/h4-7,14,16,20H,8-12H2,1-3H3. The van der Waals surface area contributed by atoms with Gasteiger partial charge in [-0.25, -0.2) is 0 Å². The number of rotatable bonds is 7. The Morgan fingerprint density at radius 2 is 1.95 bits per heavy atom. The molecule has 4 nitrogen and oxygen atoms in total. The zero-order valence-electron chi connectivity index (χ0n) is 13.2. The molecule has 1 atom stereocenters. The number of benzene rings is 1. The second-order valence-electron chi connectivity index (χ2n) is 6.19. The van der Waals surface area contributed by atoms with Gasteiger partial charge in [0.25, 0.3) is 0 Å². The summed E-state index contributed by atoms with van der Waals surface area (Å²) in [6.45, 7) is 5.12. The van der Waals surface area contributed by atoms with Crippen LogP contribution in [0.3, 0.4) is 0 Å². The minimum Gasteiger partial charge on any atom is -0.395 e. The molecule has 0 bridgehead atoms. The first-order chi connectivity index (χ1) is 10.0. The Morgan fingerprint density at radius 3 is 2.48 bits per heavy atom. The van der Waals surface area contributed by atoms with E-state index in [-0.39, 0.29) is 18.6 Å². The van der Waals surface area contributed by atoms with Crippen molar-refractivity contribution < 1.29 is 9.90 Å². The van der Waals surface area contributed by atoms with Crippen molar-refractivity contribution >= 4 is 5.91 Å². The van der Waals surface area contributed by atoms with Gasteiger partial charge in [-0.15, -0.1) is 0 Å². The first kappa shape index (κ1) is 16.0. The number of carbonyl (C=O) groups excluding carboxylic acids is 1. The topological polar surface area (TPSA) is 43.8 Å². The van der Waals surface area contributed by atoms with Crippen LogP contribution < -0.4 is 0 Å². The summed E-state index contributed by atoms with van der Waals surface area (Å²) in [6, 6.07) is 8.78. The molecule has 1 N–H and O–H groups in total. The summed E-state index contributed by atoms with van der Waals surface area (Å²) < 4.78 is 0. The number of aliphatic hydroxyl groups is 1. The minimum absolute atomic E-state index is 0.00868. The third-order valence-corrected chi connectivity index (χ3v) is 4.18. The number of aliphatic hydroxyl groups excluding tert-OH is 1. The minimum atomic E-state index is 0.00868. The molecule has 2 rings (SSSR count). The first-order valence-electron chi connectivity index (χ1n) is 7.67. The summed E-state index contributed by atoms with van der Waals surface area (Å²) in [5.41, 5.74) is 2.42. The summed E-state index contributed by atoms with van der Waals surface area (Å²) in [5.74, 6) is 0.154. The number of carbonyl (C=O) groups is 1. The molecule has 0 aliphatic heterocycles. The number of likely N-dealkylation sites (N-methyl/N-ethyl adjacent to an activating group) is 1. The summed E-state index contributed by atoms with van der Waals surface area (Å²) >= 11 is 0. The van der Waals surface area contributed by atoms with E-state index in [2.05, 4.69) is 31.2 Å². The maximum Gasteiger partial charge on any atom is 0.237 e. The molecule has 4 heteroatoms. The molecule has 1 fully saturated rings. The van der Waals surface area contributed by atoms with Crippen molar-refractivity contribution in [2.75, 3.05) is 20.2 Å². The number of nitrogens with zero attached hydrogens (tertiary/aromatic N) is 2. The van der Waals surface area contributed by atoms with Gasteiger partial charge in [0.15, 0.2) is 0 Å². The highest BCUT2D eigenvalue weighted by molar-refractivity contribution is 5.79. The molecule has 0 saturated heterocycles. The van der Waals surface area contributed by atoms with Gasteiger partial charge >= 0.3 is 0 Å². The van der Waals surface area contributed by atoms with Crippen LogP contribution in [-0.2, 0) is 11.3 Å². The highest BCUT2D eigenvalue weighted by atomic mass is 16.3. The van der Waals surface area contributed by atoms with E-state index in [9.17, 15) is 9.90 Å². The predicted octanol–water partition coefficient (Wildman–Crippen LogP) is 1.80. The zero-order valence-corrected chi connectivity index (χ0v) is 13.2. The molecule has 0 heterocycles. The SMILES string of the molecule is Cc1ccc(CN(C(=O)CN(C)C(C)CO)C2CC2)cc1. The molecule has 0 radical (unpaired) electrons. The van der Waals surface area contributed by atoms with Gasteiger partial charge < -0.3 is 10.0 Å². The monoisotopic (exact) mass is 290 g/mol. The molecule has 0 aromatic heterocycles. The second-order valence-corrected chi connectivity index (χ2v) is 6.19. The van der Waals surface area contributed by atoms with E-state index in [1.165, 1.54) is 11.1 Å². The van der Waals surface area contributed by atoms with E-state index in [1.54, 1.807) is 0 Å². The van der Waals surface area contributed by atoms with Crippen molar-refractivity contribution in [2.24, 2.45) is 0 Å². The first-order valence-corrected chi connectivity index (χ1v) is 7.67. The van der Waals surface area contributed by atoms with E-state index < -0.39 is 0 Å². The summed E-state index contributed by atoms with van der Waals surface area (Å²) in [7, 11) is 1.88. The molecule has 1 aromatic carbocycles. The Labute approximate surface area is 127 Å². The van der Waals surface area contributed by atoms with E-state index in [1.807, 2.05) is 23.8 Å². The Bertz CT molecular complexity index is 468. The van der Waals surface area contributed by atoms with Gasteiger partial charge in [-0.1, -0.05) is 29.8 Å². The van der Waals surface area contributed by atoms with Crippen LogP contribution in [0.2, 0.25) is 0 Å². The fourth-order valence-electron chi connectivity index (χ4n) is 2.30. The van der Waals surface area contributed by atoms with Crippen LogP contribution in [0, 0.1) is 6.92 Å². The van der Waals surface area contributed by atoms with Gasteiger partial charge in [0.2, 0.25) is 5.91 Å². The van der Waals surface area contributed by atoms with Crippen molar-refractivity contribution in [3.63, 3.8) is 0 Å². The van der Waals surface area contributed by atoms with Crippen molar-refractivity contribution in [1.82, 2.24) is 9.80 Å². The summed E-state index contributed by atoms with van der Waals surface area (Å²) in [5, 5.41) is 9.17. The fraction of sp³-hybridized carbons (Fsp3) is 0.588. The lowest BCUT2D eigenvalue weighted by Crippen LogP contribution is -2.43. The van der Waals surface area contributed by atoms with Crippen LogP contribution in [0.25, 0.3) is 0 Å². The lowest BCUT2D eigenvalue weighted by atomic mass is 10.1. The maximum atomic E-state index is 12.5. The fourth-order valence-corrected chi connectivity index (χ4v) is 2.30. The van der Waals surface area contributed by atoms with Crippen LogP contribution in [0.15, 0.2) is 24.3 Å². The average Bonchev–Trinajstić information content (AvgIpc) is 3.30. The van der Waals surface area contributed by atoms with Gasteiger partial charge in [-0.2, -0.15) is 0 Å². The lowest BCUT2D eigenvalue weighted by molar-refractivity contribution is -0.134. The third kappa shape index (κ3) is 4.55. The van der Waals surface area contributed by atoms with E-state index in [0.717, 1.165) is 12.8 Å². The van der Waals surface area contributed by atoms with E-state index in [0.29, 0.717) is 19.1 Å². The molecule has 1 aliphatic carbocycles. The molecular formula is C17H26N2O2. The Balaban J connectivity index is 1.98. The summed E-state index contributed by atoms with van der Waals surface area (Å²) in [4.78, 5) is 16.4. The highest BCUT2D eigenvalue weighted by Gasteiger charge is 2.33. The Kier molecular flexibility index (Phi) is 5.37. The molecule has 116 valence electrons. The van der Waals surface area contributed by atoms with Crippen molar-refractivity contribution in [3.8, 4) is 0 Å². The van der Waals surface area contributed by atoms with Gasteiger partial charge in [-0.3, -0.25) is 9.69 Å². The van der Waals surface area contributed by atoms with Gasteiger partial charge in [0.1, 0.15) is 0 Å². The predicted molar refractivity (Wildman–Crippen MR) is 83.9 cm³/mol. The van der Waals surface area contributed by atoms with Gasteiger partial charge in [0, 0.05) is 18.6 Å². The van der Waals surface area contributed by atoms with Crippen molar-refractivity contribution in [3.05, 3.63) is 35.4 Å². The quantitative estimate of drug-likeness (QED) is 0.833. The maximum absolute atomic E-state index is 12.5. The summed E-state index contributed by atoms with van der Waals surface area (Å²) in [6.07, 6.45) is 2.22. The molecule has 1 aliphatic rings. The molecule has 1 amide bonds. The Morgan fingerprint density at radius 1 is 1.33 bits per heavy atom. The van der Waals surface area contributed by atoms with Gasteiger partial charge in [-0.05, 0) is 39.3 Å². The van der Waals surface area contributed by atoms with E-state index >= 15 is 0 Å². The second kappa shape index (κ2) is 7.05. The van der Waals surface area contributed by atoms with Crippen LogP contribution in [0.1, 0.15) is 30.9 Å². The highest BCUT2D eigenvalue weighted by Crippen LogP contribution is 2.28. The number of aryl methyl sites for hydroxylation is 1. The van der Waals surface area contributed by atoms with Gasteiger partial charge in [0.05, 0.1) is 13.2 Å². The third-order valence-electron chi connectivity index (χ3n) is 4.18. The van der Waals surface area contributed by atoms with Crippen LogP contribution in [0.5, 0.6) is 0 Å². The van der Waals surface area contributed by atoms with Crippen molar-refractivity contribution in [2.45, 2.75) is 45.3 Å². The number of hydrogen-bond acceptors (Lipinski definition) is 3. The molecule has 0 spiro atoms. The number of amides is 1. The molecule has 21 heavy (non-hydrogen) atoms. The Hall–Kier alpha value is -1.39. The molecular weight excluding hydrogens is 264 g/mol. The molecule has 1 saturated carbocycles. The van der Waals surface area contributed by atoms with Crippen LogP contribution >= 0.6 is 0 Å². The van der Waals surface area contributed by atoms with E-state index in [4.69, 9.17) is 0 Å². The molecule has 1 aromatic rings. The zero-order chi connectivity index (χ0) is 15.4. The number of hydrogen-bond donors (Lipinski definition) is 1. The van der Waals surface area contributed by atoms with Crippen LogP contribution in [0.4, 0.5) is 0 Å².